The molecule has 1 aliphatic carbocycles. The van der Waals surface area contributed by atoms with Crippen molar-refractivity contribution in [3.63, 3.8) is 0 Å². The lowest BCUT2D eigenvalue weighted by Crippen LogP contribution is -2.41. The number of guanidine groups is 1. The highest BCUT2D eigenvalue weighted by Crippen LogP contribution is 2.37. The summed E-state index contributed by atoms with van der Waals surface area (Å²) in [4.78, 5) is 38.9. The molecule has 1 heterocycles. The molecule has 2 aromatic rings. The van der Waals surface area contributed by atoms with Crippen LogP contribution in [0.25, 0.3) is 5.57 Å². The average Bonchev–Trinajstić information content (AvgIpc) is 2.81. The zero-order chi connectivity index (χ0) is 24.2. The first-order valence-corrected chi connectivity index (χ1v) is 10.9. The summed E-state index contributed by atoms with van der Waals surface area (Å²) in [5, 5.41) is 26.9. The van der Waals surface area contributed by atoms with Gasteiger partial charge in [-0.15, -0.1) is 0 Å². The highest BCUT2D eigenvalue weighted by Gasteiger charge is 2.24. The molecule has 2 aliphatic rings. The van der Waals surface area contributed by atoms with Gasteiger partial charge in [0.15, 0.2) is 5.96 Å². The van der Waals surface area contributed by atoms with Crippen LogP contribution in [-0.2, 0) is 16.0 Å². The van der Waals surface area contributed by atoms with E-state index >= 15 is 0 Å². The van der Waals surface area contributed by atoms with E-state index in [-0.39, 0.29) is 18.4 Å². The molecule has 1 atom stereocenters. The molecule has 0 saturated heterocycles. The lowest BCUT2D eigenvalue weighted by molar-refractivity contribution is -0.140. The summed E-state index contributed by atoms with van der Waals surface area (Å²) in [6.45, 7) is 0.634. The minimum atomic E-state index is -1.28. The Morgan fingerprint density at radius 3 is 2.56 bits per heavy atom. The van der Waals surface area contributed by atoms with Gasteiger partial charge in [0.1, 0.15) is 6.04 Å². The predicted octanol–water partition coefficient (Wildman–Crippen LogP) is 2.05. The predicted molar refractivity (Wildman–Crippen MR) is 127 cm³/mol. The fourth-order valence-electron chi connectivity index (χ4n) is 4.12. The number of anilines is 2. The number of carboxylic acids is 2. The first kappa shape index (κ1) is 22.8. The SMILES string of the molecule is NC1=NC2=C(CN1)c1cccc(Nc3ccc(C(=O)N[C@@H](CCC(=O)O)C(=O)O)cc3)c1CC2. The van der Waals surface area contributed by atoms with Crippen molar-refractivity contribution in [1.29, 1.82) is 0 Å². The van der Waals surface area contributed by atoms with Gasteiger partial charge in [0.2, 0.25) is 0 Å². The highest BCUT2D eigenvalue weighted by molar-refractivity contribution is 5.97. The molecule has 0 unspecified atom stereocenters. The number of allylic oxidation sites excluding steroid dienone is 1. The van der Waals surface area contributed by atoms with Crippen LogP contribution in [-0.4, -0.2) is 46.6 Å². The third kappa shape index (κ3) is 5.01. The second-order valence-corrected chi connectivity index (χ2v) is 8.11. The zero-order valence-corrected chi connectivity index (χ0v) is 18.3. The van der Waals surface area contributed by atoms with E-state index < -0.39 is 23.9 Å². The standard InChI is InChI=1S/C24H25N5O5/c25-24-26-12-17-15-2-1-3-18(16(15)8-9-19(17)29-24)27-14-6-4-13(5-7-14)22(32)28-20(23(33)34)10-11-21(30)31/h1-7,20,27H,8-12H2,(H,28,32)(H,30,31)(H,33,34)(H3,25,26,29)/t20-/m0/s1. The van der Waals surface area contributed by atoms with Gasteiger partial charge in [-0.05, 0) is 60.7 Å². The van der Waals surface area contributed by atoms with Crippen LogP contribution in [0.3, 0.4) is 0 Å². The lowest BCUT2D eigenvalue weighted by Gasteiger charge is -2.27. The van der Waals surface area contributed by atoms with E-state index in [9.17, 15) is 19.5 Å². The minimum absolute atomic E-state index is 0.194. The van der Waals surface area contributed by atoms with Crippen molar-refractivity contribution >= 4 is 40.8 Å². The van der Waals surface area contributed by atoms with Gasteiger partial charge >= 0.3 is 11.9 Å². The molecular formula is C24H25N5O5. The summed E-state index contributed by atoms with van der Waals surface area (Å²) >= 11 is 0. The van der Waals surface area contributed by atoms with Crippen LogP contribution in [0.1, 0.15) is 40.7 Å². The fraction of sp³-hybridized carbons (Fsp3) is 0.250. The van der Waals surface area contributed by atoms with E-state index in [0.29, 0.717) is 12.5 Å². The third-order valence-corrected chi connectivity index (χ3v) is 5.84. The average molecular weight is 463 g/mol. The quantitative estimate of drug-likeness (QED) is 0.346. The van der Waals surface area contributed by atoms with Gasteiger partial charge in [0, 0.05) is 35.5 Å². The van der Waals surface area contributed by atoms with Crippen LogP contribution in [0.4, 0.5) is 11.4 Å². The van der Waals surface area contributed by atoms with Crippen molar-refractivity contribution in [2.45, 2.75) is 31.7 Å². The molecule has 0 bridgehead atoms. The van der Waals surface area contributed by atoms with Crippen molar-refractivity contribution in [3.05, 3.63) is 64.9 Å². The Morgan fingerprint density at radius 2 is 1.85 bits per heavy atom. The van der Waals surface area contributed by atoms with Gasteiger partial charge in [-0.2, -0.15) is 0 Å². The molecule has 0 radical (unpaired) electrons. The first-order chi connectivity index (χ1) is 16.3. The number of nitrogens with one attached hydrogen (secondary N) is 3. The Kier molecular flexibility index (Phi) is 6.48. The Labute approximate surface area is 195 Å². The van der Waals surface area contributed by atoms with Crippen LogP contribution in [0.2, 0.25) is 0 Å². The number of rotatable bonds is 8. The van der Waals surface area contributed by atoms with Gasteiger partial charge in [-0.1, -0.05) is 12.1 Å². The normalized spacial score (nSPS) is 15.2. The topological polar surface area (TPSA) is 166 Å². The number of benzene rings is 2. The van der Waals surface area contributed by atoms with Crippen LogP contribution in [0.15, 0.2) is 53.2 Å². The molecule has 10 nitrogen and oxygen atoms in total. The molecule has 4 rings (SSSR count). The summed E-state index contributed by atoms with van der Waals surface area (Å²) in [5.41, 5.74) is 12.3. The molecule has 0 spiro atoms. The van der Waals surface area contributed by atoms with E-state index in [4.69, 9.17) is 10.8 Å². The summed E-state index contributed by atoms with van der Waals surface area (Å²) < 4.78 is 0. The first-order valence-electron chi connectivity index (χ1n) is 10.9. The van der Waals surface area contributed by atoms with E-state index in [1.165, 1.54) is 5.56 Å². The zero-order valence-electron chi connectivity index (χ0n) is 18.3. The van der Waals surface area contributed by atoms with Gasteiger partial charge in [-0.3, -0.25) is 9.59 Å². The van der Waals surface area contributed by atoms with E-state index in [2.05, 4.69) is 27.0 Å². The molecule has 1 amide bonds. The van der Waals surface area contributed by atoms with E-state index in [1.54, 1.807) is 24.3 Å². The largest absolute Gasteiger partial charge is 0.481 e. The minimum Gasteiger partial charge on any atom is -0.481 e. The lowest BCUT2D eigenvalue weighted by atomic mass is 9.87. The van der Waals surface area contributed by atoms with Crippen LogP contribution in [0, 0.1) is 0 Å². The second-order valence-electron chi connectivity index (χ2n) is 8.11. The smallest absolute Gasteiger partial charge is 0.326 e. The number of carbonyl (C=O) groups is 3. The molecule has 2 aromatic carbocycles. The molecule has 34 heavy (non-hydrogen) atoms. The number of nitrogens with two attached hydrogens (primary N) is 1. The summed E-state index contributed by atoms with van der Waals surface area (Å²) in [6.07, 6.45) is 1.08. The van der Waals surface area contributed by atoms with Crippen LogP contribution >= 0.6 is 0 Å². The maximum absolute atomic E-state index is 12.4. The number of aliphatic carboxylic acids is 2. The summed E-state index contributed by atoms with van der Waals surface area (Å²) in [6, 6.07) is 11.4. The Bertz CT molecular complexity index is 1200. The van der Waals surface area contributed by atoms with Crippen LogP contribution in [0.5, 0.6) is 0 Å². The molecule has 0 aromatic heterocycles. The maximum atomic E-state index is 12.4. The number of hydrogen-bond acceptors (Lipinski definition) is 7. The maximum Gasteiger partial charge on any atom is 0.326 e. The number of carboxylic acid groups (broad SMARTS) is 2. The van der Waals surface area contributed by atoms with E-state index in [0.717, 1.165) is 41.1 Å². The molecule has 10 heteroatoms. The monoisotopic (exact) mass is 463 g/mol. The van der Waals surface area contributed by atoms with Gasteiger partial charge in [0.05, 0.1) is 5.70 Å². The van der Waals surface area contributed by atoms with Crippen molar-refractivity contribution in [3.8, 4) is 0 Å². The molecular weight excluding hydrogens is 438 g/mol. The van der Waals surface area contributed by atoms with Crippen molar-refractivity contribution in [2.75, 3.05) is 11.9 Å². The van der Waals surface area contributed by atoms with Crippen molar-refractivity contribution in [1.82, 2.24) is 10.6 Å². The van der Waals surface area contributed by atoms with Crippen molar-refractivity contribution < 1.29 is 24.6 Å². The van der Waals surface area contributed by atoms with Gasteiger partial charge in [0.25, 0.3) is 5.91 Å². The number of aliphatic imine (C=N–C) groups is 1. The number of hydrogen-bond donors (Lipinski definition) is 6. The molecule has 0 saturated carbocycles. The molecule has 0 fully saturated rings. The number of fused-ring (bicyclic) bond motifs is 2. The molecule has 1 aliphatic heterocycles. The number of nitrogens with zero attached hydrogens (tertiary/aromatic N) is 1. The van der Waals surface area contributed by atoms with Crippen molar-refractivity contribution in [2.24, 2.45) is 10.7 Å². The Morgan fingerprint density at radius 1 is 1.09 bits per heavy atom. The molecule has 176 valence electrons. The Hall–Kier alpha value is -4.34. The number of carbonyl (C=O) groups excluding carboxylic acids is 1. The molecule has 7 N–H and O–H groups in total. The van der Waals surface area contributed by atoms with E-state index in [1.807, 2.05) is 12.1 Å². The van der Waals surface area contributed by atoms with Gasteiger partial charge < -0.3 is 31.9 Å². The summed E-state index contributed by atoms with van der Waals surface area (Å²) in [5.74, 6) is -2.53. The third-order valence-electron chi connectivity index (χ3n) is 5.84. The van der Waals surface area contributed by atoms with Crippen LogP contribution < -0.4 is 21.7 Å². The second kappa shape index (κ2) is 9.65. The highest BCUT2D eigenvalue weighted by atomic mass is 16.4. The Balaban J connectivity index is 1.47. The van der Waals surface area contributed by atoms with Gasteiger partial charge in [-0.25, -0.2) is 9.79 Å². The number of amides is 1. The summed E-state index contributed by atoms with van der Waals surface area (Å²) in [7, 11) is 0. The fourth-order valence-corrected chi connectivity index (χ4v) is 4.12.